The largest absolute Gasteiger partial charge is 0.379 e. The second kappa shape index (κ2) is 7.51. The molecule has 0 saturated carbocycles. The third kappa shape index (κ3) is 3.89. The van der Waals surface area contributed by atoms with Crippen molar-refractivity contribution in [3.63, 3.8) is 0 Å². The number of nitrogens with zero attached hydrogens (tertiary/aromatic N) is 2. The van der Waals surface area contributed by atoms with Gasteiger partial charge >= 0.3 is 0 Å². The molecule has 1 N–H and O–H groups in total. The van der Waals surface area contributed by atoms with Crippen LogP contribution in [-0.2, 0) is 6.54 Å². The summed E-state index contributed by atoms with van der Waals surface area (Å²) in [5.74, 6) is 0. The first-order valence-electron chi connectivity index (χ1n) is 7.30. The number of pyridine rings is 2. The Bertz CT molecular complexity index is 867. The zero-order chi connectivity index (χ0) is 17.1. The molecule has 0 unspecified atom stereocenters. The molecule has 0 fully saturated rings. The Morgan fingerprint density at radius 1 is 1.08 bits per heavy atom. The standard InChI is InChI=1S/C18H14BrCl2N3/c1-11-18(24-9-12-2-4-14(20)8-16(12)21)15(6-7-22-11)17-5-3-13(19)10-23-17/h2-8,10,24H,9H2,1H3. The van der Waals surface area contributed by atoms with Crippen molar-refractivity contribution >= 4 is 44.8 Å². The van der Waals surface area contributed by atoms with Gasteiger partial charge in [-0.25, -0.2) is 0 Å². The fourth-order valence-corrected chi connectivity index (χ4v) is 3.10. The average Bonchev–Trinajstić information content (AvgIpc) is 2.56. The summed E-state index contributed by atoms with van der Waals surface area (Å²) < 4.78 is 0.944. The highest BCUT2D eigenvalue weighted by molar-refractivity contribution is 9.10. The summed E-state index contributed by atoms with van der Waals surface area (Å²) in [5.41, 5.74) is 4.70. The van der Waals surface area contributed by atoms with Crippen molar-refractivity contribution < 1.29 is 0 Å². The van der Waals surface area contributed by atoms with E-state index in [1.165, 1.54) is 0 Å². The summed E-state index contributed by atoms with van der Waals surface area (Å²) in [5, 5.41) is 4.69. The molecule has 0 atom stereocenters. The molecule has 0 saturated heterocycles. The van der Waals surface area contributed by atoms with E-state index in [9.17, 15) is 0 Å². The molecule has 122 valence electrons. The van der Waals surface area contributed by atoms with Crippen molar-refractivity contribution in [2.45, 2.75) is 13.5 Å². The minimum absolute atomic E-state index is 0.575. The third-order valence-electron chi connectivity index (χ3n) is 3.61. The maximum absolute atomic E-state index is 6.25. The van der Waals surface area contributed by atoms with Crippen molar-refractivity contribution in [1.29, 1.82) is 0 Å². The molecule has 0 amide bonds. The number of nitrogens with one attached hydrogen (secondary N) is 1. The zero-order valence-electron chi connectivity index (χ0n) is 12.9. The van der Waals surface area contributed by atoms with E-state index in [4.69, 9.17) is 23.2 Å². The number of rotatable bonds is 4. The van der Waals surface area contributed by atoms with Crippen molar-refractivity contribution in [2.75, 3.05) is 5.32 Å². The van der Waals surface area contributed by atoms with E-state index in [2.05, 4.69) is 31.2 Å². The molecule has 6 heteroatoms. The van der Waals surface area contributed by atoms with Gasteiger partial charge in [0, 0.05) is 39.0 Å². The lowest BCUT2D eigenvalue weighted by Gasteiger charge is -2.15. The van der Waals surface area contributed by atoms with Crippen LogP contribution in [0.2, 0.25) is 10.0 Å². The Balaban J connectivity index is 1.91. The van der Waals surface area contributed by atoms with Crippen molar-refractivity contribution in [3.05, 3.63) is 74.6 Å². The van der Waals surface area contributed by atoms with Gasteiger partial charge in [-0.2, -0.15) is 0 Å². The summed E-state index contributed by atoms with van der Waals surface area (Å²) in [6, 6.07) is 11.4. The zero-order valence-corrected chi connectivity index (χ0v) is 16.0. The monoisotopic (exact) mass is 421 g/mol. The second-order valence-corrected chi connectivity index (χ2v) is 7.03. The van der Waals surface area contributed by atoms with Crippen LogP contribution in [0.3, 0.4) is 0 Å². The van der Waals surface area contributed by atoms with Crippen LogP contribution in [0.5, 0.6) is 0 Å². The fraction of sp³-hybridized carbons (Fsp3) is 0.111. The van der Waals surface area contributed by atoms with Crippen LogP contribution in [0.4, 0.5) is 5.69 Å². The maximum Gasteiger partial charge on any atom is 0.0724 e. The molecule has 3 nitrogen and oxygen atoms in total. The van der Waals surface area contributed by atoms with Gasteiger partial charge in [0.15, 0.2) is 0 Å². The predicted molar refractivity (Wildman–Crippen MR) is 104 cm³/mol. The van der Waals surface area contributed by atoms with Gasteiger partial charge in [-0.3, -0.25) is 9.97 Å². The molecule has 0 radical (unpaired) electrons. The lowest BCUT2D eigenvalue weighted by atomic mass is 10.1. The molecule has 2 aromatic heterocycles. The van der Waals surface area contributed by atoms with Crippen LogP contribution >= 0.6 is 39.1 Å². The predicted octanol–water partition coefficient (Wildman–Crippen LogP) is 6.13. The Labute approximate surface area is 159 Å². The molecule has 0 bridgehead atoms. The van der Waals surface area contributed by atoms with Gasteiger partial charge in [-0.05, 0) is 58.7 Å². The second-order valence-electron chi connectivity index (χ2n) is 5.27. The summed E-state index contributed by atoms with van der Waals surface area (Å²) >= 11 is 15.6. The highest BCUT2D eigenvalue weighted by atomic mass is 79.9. The smallest absolute Gasteiger partial charge is 0.0724 e. The van der Waals surface area contributed by atoms with Crippen LogP contribution in [0.15, 0.2) is 53.3 Å². The number of anilines is 1. The number of hydrogen-bond acceptors (Lipinski definition) is 3. The fourth-order valence-electron chi connectivity index (χ4n) is 2.39. The number of benzene rings is 1. The molecule has 3 rings (SSSR count). The van der Waals surface area contributed by atoms with Crippen molar-refractivity contribution in [2.24, 2.45) is 0 Å². The first kappa shape index (κ1) is 17.2. The van der Waals surface area contributed by atoms with Crippen molar-refractivity contribution in [1.82, 2.24) is 9.97 Å². The van der Waals surface area contributed by atoms with Gasteiger partial charge < -0.3 is 5.32 Å². The van der Waals surface area contributed by atoms with E-state index in [1.807, 2.05) is 37.3 Å². The van der Waals surface area contributed by atoms with Crippen LogP contribution in [0, 0.1) is 6.92 Å². The molecular formula is C18H14BrCl2N3. The lowest BCUT2D eigenvalue weighted by Crippen LogP contribution is -2.05. The molecule has 0 aliphatic carbocycles. The van der Waals surface area contributed by atoms with Gasteiger partial charge in [0.25, 0.3) is 0 Å². The van der Waals surface area contributed by atoms with Crippen LogP contribution in [0.25, 0.3) is 11.3 Å². The Hall–Kier alpha value is -1.62. The van der Waals surface area contributed by atoms with E-state index in [1.54, 1.807) is 18.5 Å². The van der Waals surface area contributed by atoms with Gasteiger partial charge in [0.2, 0.25) is 0 Å². The van der Waals surface area contributed by atoms with E-state index in [0.29, 0.717) is 16.6 Å². The number of hydrogen-bond donors (Lipinski definition) is 1. The molecule has 2 heterocycles. The number of halogens is 3. The minimum Gasteiger partial charge on any atom is -0.379 e. The summed E-state index contributed by atoms with van der Waals surface area (Å²) in [6.45, 7) is 2.54. The molecule has 1 aromatic carbocycles. The average molecular weight is 423 g/mol. The maximum atomic E-state index is 6.25. The Kier molecular flexibility index (Phi) is 5.39. The molecule has 3 aromatic rings. The molecule has 0 aliphatic heterocycles. The topological polar surface area (TPSA) is 37.8 Å². The molecule has 24 heavy (non-hydrogen) atoms. The van der Waals surface area contributed by atoms with Crippen LogP contribution in [0.1, 0.15) is 11.3 Å². The van der Waals surface area contributed by atoms with Gasteiger partial charge in [-0.15, -0.1) is 0 Å². The highest BCUT2D eigenvalue weighted by Crippen LogP contribution is 2.30. The normalized spacial score (nSPS) is 10.7. The van der Waals surface area contributed by atoms with Gasteiger partial charge in [-0.1, -0.05) is 29.3 Å². The van der Waals surface area contributed by atoms with Gasteiger partial charge in [0.1, 0.15) is 0 Å². The first-order valence-corrected chi connectivity index (χ1v) is 8.85. The first-order chi connectivity index (χ1) is 11.5. The molecular weight excluding hydrogens is 409 g/mol. The summed E-state index contributed by atoms with van der Waals surface area (Å²) in [4.78, 5) is 8.85. The van der Waals surface area contributed by atoms with Crippen molar-refractivity contribution in [3.8, 4) is 11.3 Å². The number of aryl methyl sites for hydroxylation is 1. The Morgan fingerprint density at radius 3 is 2.62 bits per heavy atom. The van der Waals surface area contributed by atoms with Crippen LogP contribution < -0.4 is 5.32 Å². The minimum atomic E-state index is 0.575. The van der Waals surface area contributed by atoms with Gasteiger partial charge in [0.05, 0.1) is 17.1 Å². The number of aromatic nitrogens is 2. The molecule has 0 spiro atoms. The summed E-state index contributed by atoms with van der Waals surface area (Å²) in [7, 11) is 0. The lowest BCUT2D eigenvalue weighted by molar-refractivity contribution is 1.11. The van der Waals surface area contributed by atoms with Crippen LogP contribution in [-0.4, -0.2) is 9.97 Å². The van der Waals surface area contributed by atoms with E-state index in [0.717, 1.165) is 32.7 Å². The molecule has 0 aliphatic rings. The highest BCUT2D eigenvalue weighted by Gasteiger charge is 2.11. The summed E-state index contributed by atoms with van der Waals surface area (Å²) in [6.07, 6.45) is 3.57. The SMILES string of the molecule is Cc1nccc(-c2ccc(Br)cn2)c1NCc1ccc(Cl)cc1Cl. The Morgan fingerprint density at radius 2 is 1.92 bits per heavy atom. The quantitative estimate of drug-likeness (QED) is 0.549. The van der Waals surface area contributed by atoms with E-state index < -0.39 is 0 Å². The van der Waals surface area contributed by atoms with E-state index in [-0.39, 0.29) is 0 Å². The van der Waals surface area contributed by atoms with E-state index >= 15 is 0 Å². The third-order valence-corrected chi connectivity index (χ3v) is 4.67.